The first-order valence-corrected chi connectivity index (χ1v) is 6.43. The highest BCUT2D eigenvalue weighted by atomic mass is 19.1. The van der Waals surface area contributed by atoms with E-state index in [-0.39, 0.29) is 17.2 Å². The van der Waals surface area contributed by atoms with E-state index in [4.69, 9.17) is 4.74 Å². The zero-order chi connectivity index (χ0) is 15.9. The summed E-state index contributed by atoms with van der Waals surface area (Å²) in [6.45, 7) is 0.725. The van der Waals surface area contributed by atoms with Crippen molar-refractivity contribution in [3.63, 3.8) is 0 Å². The molecule has 0 aliphatic heterocycles. The summed E-state index contributed by atoms with van der Waals surface area (Å²) in [4.78, 5) is 11.7. The Balaban J connectivity index is 2.04. The van der Waals surface area contributed by atoms with E-state index in [0.717, 1.165) is 12.1 Å². The van der Waals surface area contributed by atoms with Gasteiger partial charge in [-0.25, -0.2) is 8.78 Å². The maximum Gasteiger partial charge on any atom is 0.271 e. The summed E-state index contributed by atoms with van der Waals surface area (Å²) >= 11 is 0. The molecule has 0 saturated heterocycles. The zero-order valence-corrected chi connectivity index (χ0v) is 11.8. The summed E-state index contributed by atoms with van der Waals surface area (Å²) in [7, 11) is 1.52. The van der Waals surface area contributed by atoms with Gasteiger partial charge in [0.25, 0.3) is 5.91 Å². The van der Waals surface area contributed by atoms with Crippen molar-refractivity contribution in [2.24, 2.45) is 0 Å². The number of nitrogens with zero attached hydrogens (tertiary/aromatic N) is 2. The van der Waals surface area contributed by atoms with Gasteiger partial charge in [-0.15, -0.1) is 10.2 Å². The molecule has 0 bridgehead atoms. The molecule has 1 heterocycles. The van der Waals surface area contributed by atoms with Crippen LogP contribution in [0.3, 0.4) is 0 Å². The van der Waals surface area contributed by atoms with Crippen LogP contribution in [0.2, 0.25) is 0 Å². The lowest BCUT2D eigenvalue weighted by atomic mass is 10.3. The third-order valence-corrected chi connectivity index (χ3v) is 2.70. The fraction of sp³-hybridized carbons (Fsp3) is 0.214. The molecule has 0 radical (unpaired) electrons. The molecule has 6 nitrogen and oxygen atoms in total. The van der Waals surface area contributed by atoms with Crippen LogP contribution in [0.25, 0.3) is 0 Å². The van der Waals surface area contributed by atoms with Crippen LogP contribution in [0.4, 0.5) is 20.3 Å². The maximum atomic E-state index is 13.5. The third kappa shape index (κ3) is 3.95. The molecule has 116 valence electrons. The first-order chi connectivity index (χ1) is 10.6. The van der Waals surface area contributed by atoms with Gasteiger partial charge in [0.15, 0.2) is 11.5 Å². The molecule has 0 saturated carbocycles. The van der Waals surface area contributed by atoms with Gasteiger partial charge in [-0.05, 0) is 24.3 Å². The molecule has 22 heavy (non-hydrogen) atoms. The largest absolute Gasteiger partial charge is 0.383 e. The minimum absolute atomic E-state index is 0.0932. The summed E-state index contributed by atoms with van der Waals surface area (Å²) in [6.07, 6.45) is 0. The molecule has 2 rings (SSSR count). The van der Waals surface area contributed by atoms with Crippen molar-refractivity contribution >= 4 is 17.4 Å². The fourth-order valence-electron chi connectivity index (χ4n) is 1.62. The number of halogens is 2. The Kier molecular flexibility index (Phi) is 5.31. The second-order valence-corrected chi connectivity index (χ2v) is 4.27. The first kappa shape index (κ1) is 15.8. The number of para-hydroxylation sites is 1. The van der Waals surface area contributed by atoms with Crippen molar-refractivity contribution in [3.05, 3.63) is 47.7 Å². The number of nitrogens with one attached hydrogen (secondary N) is 2. The van der Waals surface area contributed by atoms with E-state index in [2.05, 4.69) is 20.8 Å². The van der Waals surface area contributed by atoms with Crippen LogP contribution >= 0.6 is 0 Å². The van der Waals surface area contributed by atoms with Crippen LogP contribution in [0, 0.1) is 11.6 Å². The minimum atomic E-state index is -0.747. The van der Waals surface area contributed by atoms with Gasteiger partial charge in [-0.2, -0.15) is 0 Å². The van der Waals surface area contributed by atoms with Crippen molar-refractivity contribution in [1.29, 1.82) is 0 Å². The van der Waals surface area contributed by atoms with Gasteiger partial charge in [0.1, 0.15) is 17.3 Å². The Morgan fingerprint density at radius 3 is 2.50 bits per heavy atom. The van der Waals surface area contributed by atoms with E-state index in [1.165, 1.54) is 25.3 Å². The van der Waals surface area contributed by atoms with Crippen LogP contribution in [0.5, 0.6) is 0 Å². The molecular weight excluding hydrogens is 294 g/mol. The zero-order valence-electron chi connectivity index (χ0n) is 11.8. The van der Waals surface area contributed by atoms with Gasteiger partial charge >= 0.3 is 0 Å². The molecule has 2 aromatic rings. The fourth-order valence-corrected chi connectivity index (χ4v) is 1.62. The van der Waals surface area contributed by atoms with E-state index in [9.17, 15) is 13.6 Å². The van der Waals surface area contributed by atoms with Gasteiger partial charge in [0.2, 0.25) is 0 Å². The summed E-state index contributed by atoms with van der Waals surface area (Å²) in [5.74, 6) is -1.78. The predicted molar refractivity (Wildman–Crippen MR) is 75.9 cm³/mol. The van der Waals surface area contributed by atoms with Crippen LogP contribution in [0.1, 0.15) is 10.5 Å². The number of aromatic nitrogens is 2. The Morgan fingerprint density at radius 2 is 1.91 bits per heavy atom. The van der Waals surface area contributed by atoms with Gasteiger partial charge in [0, 0.05) is 13.7 Å². The summed E-state index contributed by atoms with van der Waals surface area (Å²) in [5.41, 5.74) is -0.232. The number of hydrogen-bond donors (Lipinski definition) is 2. The van der Waals surface area contributed by atoms with E-state index in [1.54, 1.807) is 0 Å². The van der Waals surface area contributed by atoms with Crippen LogP contribution in [-0.4, -0.2) is 36.4 Å². The van der Waals surface area contributed by atoms with Gasteiger partial charge < -0.3 is 15.4 Å². The van der Waals surface area contributed by atoms with Crippen molar-refractivity contribution in [2.75, 3.05) is 25.6 Å². The maximum absolute atomic E-state index is 13.5. The Morgan fingerprint density at radius 1 is 1.18 bits per heavy atom. The van der Waals surface area contributed by atoms with Crippen LogP contribution < -0.4 is 10.6 Å². The molecule has 8 heteroatoms. The molecule has 1 aromatic heterocycles. The summed E-state index contributed by atoms with van der Waals surface area (Å²) in [5, 5.41) is 12.5. The minimum Gasteiger partial charge on any atom is -0.383 e. The monoisotopic (exact) mass is 308 g/mol. The molecule has 0 atom stereocenters. The average molecular weight is 308 g/mol. The quantitative estimate of drug-likeness (QED) is 0.797. The second kappa shape index (κ2) is 7.41. The van der Waals surface area contributed by atoms with Crippen molar-refractivity contribution in [3.8, 4) is 0 Å². The van der Waals surface area contributed by atoms with E-state index in [1.807, 2.05) is 0 Å². The lowest BCUT2D eigenvalue weighted by Crippen LogP contribution is -2.27. The molecule has 0 aliphatic rings. The first-order valence-electron chi connectivity index (χ1n) is 6.43. The number of hydrogen-bond acceptors (Lipinski definition) is 5. The summed E-state index contributed by atoms with van der Waals surface area (Å²) in [6, 6.07) is 6.31. The molecular formula is C14H14F2N4O2. The number of carbonyl (C=O) groups is 1. The molecule has 1 amide bonds. The number of methoxy groups -OCH3 is 1. The SMILES string of the molecule is COCCNC(=O)c1ccc(Nc2c(F)cccc2F)nn1. The molecule has 1 aromatic carbocycles. The number of benzene rings is 1. The topological polar surface area (TPSA) is 76.1 Å². The third-order valence-electron chi connectivity index (χ3n) is 2.70. The second-order valence-electron chi connectivity index (χ2n) is 4.27. The molecule has 0 unspecified atom stereocenters. The van der Waals surface area contributed by atoms with Gasteiger partial charge in [-0.3, -0.25) is 4.79 Å². The Hall–Kier alpha value is -2.61. The van der Waals surface area contributed by atoms with Crippen LogP contribution in [-0.2, 0) is 4.74 Å². The smallest absolute Gasteiger partial charge is 0.271 e. The van der Waals surface area contributed by atoms with E-state index >= 15 is 0 Å². The lowest BCUT2D eigenvalue weighted by molar-refractivity contribution is 0.0931. The molecule has 0 spiro atoms. The molecule has 0 fully saturated rings. The van der Waals surface area contributed by atoms with Crippen LogP contribution in [0.15, 0.2) is 30.3 Å². The highest BCUT2D eigenvalue weighted by Crippen LogP contribution is 2.21. The van der Waals surface area contributed by atoms with E-state index in [0.29, 0.717) is 13.2 Å². The number of carbonyl (C=O) groups excluding carboxylic acids is 1. The summed E-state index contributed by atoms with van der Waals surface area (Å²) < 4.78 is 31.8. The normalized spacial score (nSPS) is 10.3. The van der Waals surface area contributed by atoms with E-state index < -0.39 is 17.5 Å². The number of ether oxygens (including phenoxy) is 1. The number of anilines is 2. The number of rotatable bonds is 6. The van der Waals surface area contributed by atoms with Gasteiger partial charge in [-0.1, -0.05) is 6.07 Å². The highest BCUT2D eigenvalue weighted by molar-refractivity contribution is 5.92. The molecule has 0 aliphatic carbocycles. The highest BCUT2D eigenvalue weighted by Gasteiger charge is 2.11. The lowest BCUT2D eigenvalue weighted by Gasteiger charge is -2.08. The standard InChI is InChI=1S/C14H14F2N4O2/c1-22-8-7-17-14(21)11-5-6-12(20-19-11)18-13-9(15)3-2-4-10(13)16/h2-6H,7-8H2,1H3,(H,17,21)(H,18,20). The van der Waals surface area contributed by atoms with Crippen molar-refractivity contribution in [1.82, 2.24) is 15.5 Å². The van der Waals surface area contributed by atoms with Crippen molar-refractivity contribution in [2.45, 2.75) is 0 Å². The molecule has 2 N–H and O–H groups in total. The Bertz CT molecular complexity index is 630. The predicted octanol–water partition coefficient (Wildman–Crippen LogP) is 1.87. The average Bonchev–Trinajstić information content (AvgIpc) is 2.52. The number of amides is 1. The van der Waals surface area contributed by atoms with Crippen molar-refractivity contribution < 1.29 is 18.3 Å². The van der Waals surface area contributed by atoms with Gasteiger partial charge in [0.05, 0.1) is 6.61 Å². The Labute approximate surface area is 125 Å².